The van der Waals surface area contributed by atoms with Gasteiger partial charge in [0.2, 0.25) is 40.8 Å². The number of hydrogen-bond acceptors (Lipinski definition) is 7. The van der Waals surface area contributed by atoms with Crippen molar-refractivity contribution in [2.75, 3.05) is 4.90 Å². The molecule has 1 aliphatic carbocycles. The van der Waals surface area contributed by atoms with Crippen molar-refractivity contribution in [2.45, 2.75) is 77.5 Å². The standard InChI is InChI=1S/C31H30F5N5O5/c1-31(2,3)46-30(44)41(13-16-9-11-18(12-10-16)17-7-5-4-6-8-17)29-38-27-25(37-15-40(27)14-19(42)43)28(39-29)45-26-23(35)21(33)20(32)22(34)24(26)36/h9-12,15,17H,4-8,13-14H2,1-3H3,(H,42,43). The number of aliphatic carboxylic acids is 1. The number of aromatic nitrogens is 4. The predicted octanol–water partition coefficient (Wildman–Crippen LogP) is 7.39. The first-order valence-corrected chi connectivity index (χ1v) is 14.5. The quantitative estimate of drug-likeness (QED) is 0.120. The van der Waals surface area contributed by atoms with Crippen LogP contribution in [0.1, 0.15) is 69.9 Å². The second-order valence-corrected chi connectivity index (χ2v) is 11.9. The number of rotatable bonds is 8. The lowest BCUT2D eigenvalue weighted by Crippen LogP contribution is -2.37. The molecule has 15 heteroatoms. The van der Waals surface area contributed by atoms with Crippen LogP contribution in [0, 0.1) is 29.1 Å². The van der Waals surface area contributed by atoms with Crippen LogP contribution in [0.4, 0.5) is 32.7 Å². The largest absolute Gasteiger partial charge is 0.480 e. The molecule has 2 aromatic heterocycles. The molecule has 0 radical (unpaired) electrons. The molecule has 0 unspecified atom stereocenters. The first kappa shape index (κ1) is 32.6. The van der Waals surface area contributed by atoms with E-state index in [9.17, 15) is 36.6 Å². The zero-order chi connectivity index (χ0) is 33.3. The average molecular weight is 648 g/mol. The third-order valence-corrected chi connectivity index (χ3v) is 7.35. The van der Waals surface area contributed by atoms with E-state index in [4.69, 9.17) is 9.47 Å². The van der Waals surface area contributed by atoms with Gasteiger partial charge in [-0.25, -0.2) is 27.8 Å². The average Bonchev–Trinajstić information content (AvgIpc) is 3.41. The molecule has 0 bridgehead atoms. The van der Waals surface area contributed by atoms with E-state index in [1.165, 1.54) is 6.42 Å². The predicted molar refractivity (Wildman–Crippen MR) is 154 cm³/mol. The number of carbonyl (C=O) groups is 2. The summed E-state index contributed by atoms with van der Waals surface area (Å²) in [6, 6.07) is 7.56. The van der Waals surface area contributed by atoms with E-state index in [1.807, 2.05) is 24.3 Å². The minimum atomic E-state index is -2.40. The number of carbonyl (C=O) groups excluding carboxylic acids is 1. The number of carboxylic acid groups (broad SMARTS) is 1. The van der Waals surface area contributed by atoms with Crippen molar-refractivity contribution < 1.29 is 46.1 Å². The first-order valence-electron chi connectivity index (χ1n) is 14.5. The van der Waals surface area contributed by atoms with E-state index in [2.05, 4.69) is 15.0 Å². The minimum Gasteiger partial charge on any atom is -0.480 e. The van der Waals surface area contributed by atoms with Crippen molar-refractivity contribution in [3.8, 4) is 11.6 Å². The SMILES string of the molecule is CC(C)(C)OC(=O)N(Cc1ccc(C2CCCCC2)cc1)c1nc(Oc2c(F)c(F)c(F)c(F)c2F)c2ncn(CC(=O)O)c2n1. The Morgan fingerprint density at radius 2 is 1.54 bits per heavy atom. The van der Waals surface area contributed by atoms with E-state index in [1.54, 1.807) is 20.8 Å². The number of fused-ring (bicyclic) bond motifs is 1. The lowest BCUT2D eigenvalue weighted by molar-refractivity contribution is -0.137. The molecule has 5 rings (SSSR count). The molecule has 2 heterocycles. The fraction of sp³-hybridized carbons (Fsp3) is 0.387. The maximum atomic E-state index is 14.6. The number of imidazole rings is 1. The molecule has 0 aliphatic heterocycles. The number of amides is 1. The van der Waals surface area contributed by atoms with Crippen LogP contribution in [0.5, 0.6) is 11.6 Å². The highest BCUT2D eigenvalue weighted by Gasteiger charge is 2.31. The number of ether oxygens (including phenoxy) is 2. The minimum absolute atomic E-state index is 0.180. The zero-order valence-electron chi connectivity index (χ0n) is 25.1. The summed E-state index contributed by atoms with van der Waals surface area (Å²) in [5.41, 5.74) is 0.128. The molecule has 244 valence electrons. The molecule has 1 aliphatic rings. The highest BCUT2D eigenvalue weighted by molar-refractivity contribution is 5.88. The molecule has 2 aromatic carbocycles. The Morgan fingerprint density at radius 1 is 0.935 bits per heavy atom. The number of carboxylic acids is 1. The van der Waals surface area contributed by atoms with Gasteiger partial charge in [0.15, 0.2) is 11.2 Å². The van der Waals surface area contributed by atoms with Gasteiger partial charge in [-0.3, -0.25) is 4.79 Å². The van der Waals surface area contributed by atoms with Gasteiger partial charge < -0.3 is 19.1 Å². The summed E-state index contributed by atoms with van der Waals surface area (Å²) in [5, 5.41) is 9.39. The fourth-order valence-corrected chi connectivity index (χ4v) is 5.18. The molecular formula is C31H30F5N5O5. The number of anilines is 1. The van der Waals surface area contributed by atoms with Crippen LogP contribution in [0.15, 0.2) is 30.6 Å². The van der Waals surface area contributed by atoms with Gasteiger partial charge in [-0.05, 0) is 50.7 Å². The van der Waals surface area contributed by atoms with E-state index in [0.29, 0.717) is 11.5 Å². The van der Waals surface area contributed by atoms with E-state index < -0.39 is 70.9 Å². The molecule has 1 N–H and O–H groups in total. The van der Waals surface area contributed by atoms with Crippen molar-refractivity contribution >= 4 is 29.2 Å². The second kappa shape index (κ2) is 12.9. The van der Waals surface area contributed by atoms with Crippen LogP contribution >= 0.6 is 0 Å². The van der Waals surface area contributed by atoms with Crippen LogP contribution in [0.25, 0.3) is 11.2 Å². The van der Waals surface area contributed by atoms with E-state index >= 15 is 0 Å². The molecule has 0 spiro atoms. The van der Waals surface area contributed by atoms with Crippen LogP contribution in [0.2, 0.25) is 0 Å². The summed E-state index contributed by atoms with van der Waals surface area (Å²) in [6.07, 6.45) is 5.70. The number of hydrogen-bond donors (Lipinski definition) is 1. The Morgan fingerprint density at radius 3 is 2.13 bits per heavy atom. The summed E-state index contributed by atoms with van der Waals surface area (Å²) in [6.45, 7) is 3.98. The fourth-order valence-electron chi connectivity index (χ4n) is 5.18. The third kappa shape index (κ3) is 6.87. The second-order valence-electron chi connectivity index (χ2n) is 11.9. The van der Waals surface area contributed by atoms with E-state index in [0.717, 1.165) is 47.0 Å². The Kier molecular flexibility index (Phi) is 9.13. The normalized spacial score (nSPS) is 14.0. The first-order chi connectivity index (χ1) is 21.7. The van der Waals surface area contributed by atoms with Gasteiger partial charge in [-0.2, -0.15) is 18.7 Å². The topological polar surface area (TPSA) is 120 Å². The van der Waals surface area contributed by atoms with Gasteiger partial charge in [0.1, 0.15) is 12.1 Å². The van der Waals surface area contributed by atoms with Crippen LogP contribution in [-0.4, -0.2) is 42.3 Å². The van der Waals surface area contributed by atoms with Gasteiger partial charge in [0, 0.05) is 0 Å². The summed E-state index contributed by atoms with van der Waals surface area (Å²) in [4.78, 5) is 38.4. The smallest absolute Gasteiger partial charge is 0.417 e. The third-order valence-electron chi connectivity index (χ3n) is 7.35. The lowest BCUT2D eigenvalue weighted by Gasteiger charge is -2.27. The summed E-state index contributed by atoms with van der Waals surface area (Å²) >= 11 is 0. The Balaban J connectivity index is 1.62. The number of benzene rings is 2. The highest BCUT2D eigenvalue weighted by atomic mass is 19.2. The van der Waals surface area contributed by atoms with E-state index in [-0.39, 0.29) is 17.7 Å². The molecule has 4 aromatic rings. The van der Waals surface area contributed by atoms with Gasteiger partial charge in [0.05, 0.1) is 12.9 Å². The summed E-state index contributed by atoms with van der Waals surface area (Å²) in [5.74, 6) is -15.4. The van der Waals surface area contributed by atoms with Gasteiger partial charge in [-0.15, -0.1) is 0 Å². The number of halogens is 5. The van der Waals surface area contributed by atoms with Crippen molar-refractivity contribution in [2.24, 2.45) is 0 Å². The molecule has 46 heavy (non-hydrogen) atoms. The lowest BCUT2D eigenvalue weighted by atomic mass is 9.84. The molecule has 1 amide bonds. The molecule has 10 nitrogen and oxygen atoms in total. The van der Waals surface area contributed by atoms with Crippen molar-refractivity contribution in [1.82, 2.24) is 19.5 Å². The molecule has 0 saturated heterocycles. The summed E-state index contributed by atoms with van der Waals surface area (Å²) < 4.78 is 82.7. The Labute approximate surface area is 259 Å². The zero-order valence-corrected chi connectivity index (χ0v) is 25.1. The summed E-state index contributed by atoms with van der Waals surface area (Å²) in [7, 11) is 0. The van der Waals surface area contributed by atoms with Crippen molar-refractivity contribution in [3.63, 3.8) is 0 Å². The highest BCUT2D eigenvalue weighted by Crippen LogP contribution is 2.36. The molecule has 1 saturated carbocycles. The maximum absolute atomic E-state index is 14.6. The molecule has 1 fully saturated rings. The van der Waals surface area contributed by atoms with Crippen molar-refractivity contribution in [1.29, 1.82) is 0 Å². The van der Waals surface area contributed by atoms with Crippen molar-refractivity contribution in [3.05, 3.63) is 70.8 Å². The van der Waals surface area contributed by atoms with Crippen LogP contribution in [0.3, 0.4) is 0 Å². The molecule has 0 atom stereocenters. The Hall–Kier alpha value is -4.82. The maximum Gasteiger partial charge on any atom is 0.417 e. The molecular weight excluding hydrogens is 617 g/mol. The Bertz CT molecular complexity index is 1760. The monoisotopic (exact) mass is 647 g/mol. The number of nitrogens with zero attached hydrogens (tertiary/aromatic N) is 5. The van der Waals surface area contributed by atoms with Gasteiger partial charge in [-0.1, -0.05) is 43.5 Å². The van der Waals surface area contributed by atoms with Gasteiger partial charge >= 0.3 is 12.1 Å². The van der Waals surface area contributed by atoms with Gasteiger partial charge in [0.25, 0.3) is 5.88 Å². The van der Waals surface area contributed by atoms with Crippen LogP contribution in [-0.2, 0) is 22.6 Å². The van der Waals surface area contributed by atoms with Crippen LogP contribution < -0.4 is 9.64 Å².